The zero-order chi connectivity index (χ0) is 17.7. The van der Waals surface area contributed by atoms with Gasteiger partial charge in [-0.2, -0.15) is 0 Å². The lowest BCUT2D eigenvalue weighted by molar-refractivity contribution is -0.131. The zero-order valence-electron chi connectivity index (χ0n) is 15.4. The summed E-state index contributed by atoms with van der Waals surface area (Å²) in [5.74, 6) is 0.273. The molecule has 1 aliphatic carbocycles. The van der Waals surface area contributed by atoms with Crippen LogP contribution in [0.2, 0.25) is 0 Å². The lowest BCUT2D eigenvalue weighted by atomic mass is 9.92. The van der Waals surface area contributed by atoms with Crippen molar-refractivity contribution in [2.45, 2.75) is 64.0 Å². The number of amides is 1. The highest BCUT2D eigenvalue weighted by Crippen LogP contribution is 2.54. The van der Waals surface area contributed by atoms with E-state index in [1.165, 1.54) is 12.8 Å². The van der Waals surface area contributed by atoms with Crippen molar-refractivity contribution >= 4 is 5.91 Å². The van der Waals surface area contributed by atoms with E-state index in [0.29, 0.717) is 6.42 Å². The van der Waals surface area contributed by atoms with Gasteiger partial charge in [0.1, 0.15) is 0 Å². The largest absolute Gasteiger partial charge is 0.388 e. The summed E-state index contributed by atoms with van der Waals surface area (Å²) in [5.41, 5.74) is 0.941. The smallest absolute Gasteiger partial charge is 0.224 e. The van der Waals surface area contributed by atoms with Gasteiger partial charge in [-0.15, -0.1) is 0 Å². The number of nitrogens with zero attached hydrogens (tertiary/aromatic N) is 1. The molecule has 138 valence electrons. The van der Waals surface area contributed by atoms with Crippen molar-refractivity contribution in [3.8, 4) is 0 Å². The van der Waals surface area contributed by atoms with Gasteiger partial charge in [-0.25, -0.2) is 0 Å². The Balaban J connectivity index is 1.47. The predicted octanol–water partition coefficient (Wildman–Crippen LogP) is 3.27. The van der Waals surface area contributed by atoms with Crippen molar-refractivity contribution in [2.24, 2.45) is 5.41 Å². The van der Waals surface area contributed by atoms with Crippen LogP contribution in [-0.2, 0) is 4.79 Å². The fourth-order valence-electron chi connectivity index (χ4n) is 3.86. The van der Waals surface area contributed by atoms with E-state index in [2.05, 4.69) is 12.2 Å². The molecule has 4 nitrogen and oxygen atoms in total. The molecule has 1 aliphatic heterocycles. The second-order valence-corrected chi connectivity index (χ2v) is 7.96. The molecule has 2 unspecified atom stereocenters. The first kappa shape index (κ1) is 18.4. The van der Waals surface area contributed by atoms with Gasteiger partial charge in [0, 0.05) is 37.5 Å². The van der Waals surface area contributed by atoms with E-state index in [1.807, 2.05) is 35.2 Å². The Morgan fingerprint density at radius 3 is 2.40 bits per heavy atom. The van der Waals surface area contributed by atoms with Crippen LogP contribution in [0.4, 0.5) is 0 Å². The fourth-order valence-corrected chi connectivity index (χ4v) is 3.86. The van der Waals surface area contributed by atoms with E-state index in [4.69, 9.17) is 0 Å². The van der Waals surface area contributed by atoms with Crippen molar-refractivity contribution in [1.29, 1.82) is 0 Å². The van der Waals surface area contributed by atoms with Crippen LogP contribution in [-0.4, -0.2) is 41.6 Å². The maximum Gasteiger partial charge on any atom is 0.224 e. The van der Waals surface area contributed by atoms with Crippen LogP contribution in [0.5, 0.6) is 0 Å². The molecule has 1 heterocycles. The number of nitrogens with one attached hydrogen (secondary N) is 1. The van der Waals surface area contributed by atoms with Crippen LogP contribution >= 0.6 is 0 Å². The molecule has 0 spiro atoms. The lowest BCUT2D eigenvalue weighted by Crippen LogP contribution is -2.40. The van der Waals surface area contributed by atoms with Crippen LogP contribution in [0.3, 0.4) is 0 Å². The lowest BCUT2D eigenvalue weighted by Gasteiger charge is -2.26. The Hall–Kier alpha value is -1.39. The molecule has 25 heavy (non-hydrogen) atoms. The minimum atomic E-state index is -0.422. The first-order valence-electron chi connectivity index (χ1n) is 9.85. The molecule has 0 bridgehead atoms. The molecule has 2 atom stereocenters. The topological polar surface area (TPSA) is 52.6 Å². The maximum absolute atomic E-state index is 12.5. The second-order valence-electron chi connectivity index (χ2n) is 7.96. The van der Waals surface area contributed by atoms with Gasteiger partial charge in [-0.05, 0) is 38.2 Å². The fraction of sp³-hybridized carbons (Fsp3) is 0.667. The van der Waals surface area contributed by atoms with Crippen molar-refractivity contribution < 1.29 is 9.90 Å². The first-order valence-corrected chi connectivity index (χ1v) is 9.85. The normalized spacial score (nSPS) is 22.1. The van der Waals surface area contributed by atoms with Gasteiger partial charge < -0.3 is 15.3 Å². The molecule has 1 saturated heterocycles. The summed E-state index contributed by atoms with van der Waals surface area (Å²) in [5, 5.41) is 14.2. The van der Waals surface area contributed by atoms with Crippen LogP contribution < -0.4 is 5.32 Å². The summed E-state index contributed by atoms with van der Waals surface area (Å²) in [6, 6.07) is 10.1. The van der Waals surface area contributed by atoms with Crippen molar-refractivity contribution in [1.82, 2.24) is 10.2 Å². The number of aliphatic hydroxyl groups excluding tert-OH is 1. The van der Waals surface area contributed by atoms with Crippen LogP contribution in [0, 0.1) is 5.41 Å². The molecular weight excluding hydrogens is 312 g/mol. The highest BCUT2D eigenvalue weighted by Gasteiger charge is 2.49. The van der Waals surface area contributed by atoms with Crippen LogP contribution in [0.25, 0.3) is 0 Å². The van der Waals surface area contributed by atoms with E-state index in [0.717, 1.165) is 50.9 Å². The monoisotopic (exact) mass is 344 g/mol. The number of hydrogen-bond donors (Lipinski definition) is 2. The zero-order valence-corrected chi connectivity index (χ0v) is 15.4. The third kappa shape index (κ3) is 4.83. The SMILES string of the molecule is CC(CC(=O)N1CCCCCC1)NCC1(C(O)c2ccccc2)CC1. The molecular formula is C21H32N2O2. The maximum atomic E-state index is 12.5. The van der Waals surface area contributed by atoms with Gasteiger partial charge in [-0.3, -0.25) is 4.79 Å². The summed E-state index contributed by atoms with van der Waals surface area (Å²) in [4.78, 5) is 14.5. The average Bonchev–Trinajstić information content (AvgIpc) is 3.44. The van der Waals surface area contributed by atoms with Gasteiger partial charge >= 0.3 is 0 Å². The summed E-state index contributed by atoms with van der Waals surface area (Å²) in [7, 11) is 0. The molecule has 1 aromatic carbocycles. The minimum Gasteiger partial charge on any atom is -0.388 e. The Morgan fingerprint density at radius 1 is 1.16 bits per heavy atom. The summed E-state index contributed by atoms with van der Waals surface area (Å²) >= 11 is 0. The summed E-state index contributed by atoms with van der Waals surface area (Å²) in [6.07, 6.45) is 6.99. The molecule has 1 saturated carbocycles. The summed E-state index contributed by atoms with van der Waals surface area (Å²) in [6.45, 7) is 4.70. The van der Waals surface area contributed by atoms with Crippen LogP contribution in [0.15, 0.2) is 30.3 Å². The second kappa shape index (κ2) is 8.33. The Labute approximate surface area is 151 Å². The molecule has 1 aromatic rings. The molecule has 3 rings (SSSR count). The molecule has 2 N–H and O–H groups in total. The molecule has 0 radical (unpaired) electrons. The minimum absolute atomic E-state index is 0.0543. The average molecular weight is 344 g/mol. The Kier molecular flexibility index (Phi) is 6.13. The Morgan fingerprint density at radius 2 is 1.80 bits per heavy atom. The third-order valence-electron chi connectivity index (χ3n) is 5.83. The molecule has 2 aliphatic rings. The standard InChI is InChI=1S/C21H32N2O2/c1-17(15-19(24)23-13-7-2-3-8-14-23)22-16-21(11-12-21)20(25)18-9-5-4-6-10-18/h4-6,9-10,17,20,22,25H,2-3,7-8,11-16H2,1H3. The van der Waals surface area contributed by atoms with E-state index >= 15 is 0 Å². The number of hydrogen-bond acceptors (Lipinski definition) is 3. The van der Waals surface area contributed by atoms with Gasteiger partial charge in [0.05, 0.1) is 6.10 Å². The highest BCUT2D eigenvalue weighted by molar-refractivity contribution is 5.76. The van der Waals surface area contributed by atoms with Crippen molar-refractivity contribution in [3.63, 3.8) is 0 Å². The molecule has 2 fully saturated rings. The number of aliphatic hydroxyl groups is 1. The highest BCUT2D eigenvalue weighted by atomic mass is 16.3. The summed E-state index contributed by atoms with van der Waals surface area (Å²) < 4.78 is 0. The molecule has 4 heteroatoms. The molecule has 0 aromatic heterocycles. The quantitative estimate of drug-likeness (QED) is 0.798. The first-order chi connectivity index (χ1) is 12.1. The van der Waals surface area contributed by atoms with Gasteiger partial charge in [0.25, 0.3) is 0 Å². The van der Waals surface area contributed by atoms with E-state index in [9.17, 15) is 9.90 Å². The van der Waals surface area contributed by atoms with Gasteiger partial charge in [-0.1, -0.05) is 43.2 Å². The number of carbonyl (C=O) groups excluding carboxylic acids is 1. The van der Waals surface area contributed by atoms with E-state index < -0.39 is 6.10 Å². The van der Waals surface area contributed by atoms with Crippen molar-refractivity contribution in [2.75, 3.05) is 19.6 Å². The number of carbonyl (C=O) groups is 1. The Bertz CT molecular complexity index is 548. The van der Waals surface area contributed by atoms with Gasteiger partial charge in [0.15, 0.2) is 0 Å². The number of rotatable bonds is 7. The third-order valence-corrected chi connectivity index (χ3v) is 5.83. The number of benzene rings is 1. The van der Waals surface area contributed by atoms with E-state index in [-0.39, 0.29) is 17.4 Å². The number of likely N-dealkylation sites (tertiary alicyclic amines) is 1. The van der Waals surface area contributed by atoms with Gasteiger partial charge in [0.2, 0.25) is 5.91 Å². The van der Waals surface area contributed by atoms with E-state index in [1.54, 1.807) is 0 Å². The van der Waals surface area contributed by atoms with Crippen LogP contribution in [0.1, 0.15) is 63.5 Å². The molecule has 1 amide bonds. The van der Waals surface area contributed by atoms with Crippen molar-refractivity contribution in [3.05, 3.63) is 35.9 Å². The predicted molar refractivity (Wildman–Crippen MR) is 100 cm³/mol.